The van der Waals surface area contributed by atoms with E-state index in [9.17, 15) is 4.79 Å². The molecule has 0 saturated carbocycles. The van der Waals surface area contributed by atoms with E-state index in [4.69, 9.17) is 4.74 Å². The molecule has 0 aromatic rings. The molecule has 0 bridgehead atoms. The number of hydrogen-bond donors (Lipinski definition) is 0. The van der Waals surface area contributed by atoms with Gasteiger partial charge in [0.2, 0.25) is 5.91 Å². The van der Waals surface area contributed by atoms with Crippen LogP contribution in [0.25, 0.3) is 0 Å². The predicted molar refractivity (Wildman–Crippen MR) is 76.7 cm³/mol. The third kappa shape index (κ3) is 7.70. The van der Waals surface area contributed by atoms with Crippen molar-refractivity contribution in [2.45, 2.75) is 78.8 Å². The molecule has 0 heterocycles. The molecule has 0 aliphatic rings. The summed E-state index contributed by atoms with van der Waals surface area (Å²) in [5.41, 5.74) is 0. The number of carbonyl (C=O) groups excluding carboxylic acids is 1. The molecular weight excluding hydrogens is 226 g/mol. The lowest BCUT2D eigenvalue weighted by Crippen LogP contribution is -2.42. The van der Waals surface area contributed by atoms with Crippen molar-refractivity contribution in [3.8, 4) is 0 Å². The normalized spacial score (nSPS) is 11.3. The maximum Gasteiger partial charge on any atom is 0.225 e. The minimum absolute atomic E-state index is 0.202. The van der Waals surface area contributed by atoms with Crippen molar-refractivity contribution in [1.29, 1.82) is 0 Å². The van der Waals surface area contributed by atoms with Gasteiger partial charge in [0, 0.05) is 18.7 Å². The molecule has 3 nitrogen and oxygen atoms in total. The third-order valence-electron chi connectivity index (χ3n) is 3.00. The number of hydrogen-bond acceptors (Lipinski definition) is 2. The van der Waals surface area contributed by atoms with E-state index in [0.717, 1.165) is 13.0 Å². The van der Waals surface area contributed by atoms with Crippen molar-refractivity contribution in [2.75, 3.05) is 13.2 Å². The molecule has 0 N–H and O–H groups in total. The average Bonchev–Trinajstić information content (AvgIpc) is 2.26. The zero-order chi connectivity index (χ0) is 14.0. The second kappa shape index (κ2) is 10.4. The van der Waals surface area contributed by atoms with Gasteiger partial charge in [-0.25, -0.2) is 0 Å². The second-order valence-electron chi connectivity index (χ2n) is 5.41. The molecule has 0 aliphatic carbocycles. The van der Waals surface area contributed by atoms with Gasteiger partial charge in [0.1, 0.15) is 0 Å². The zero-order valence-corrected chi connectivity index (χ0v) is 12.9. The van der Waals surface area contributed by atoms with Crippen LogP contribution < -0.4 is 0 Å². The topological polar surface area (TPSA) is 29.5 Å². The Hall–Kier alpha value is -0.570. The first-order chi connectivity index (χ1) is 8.50. The van der Waals surface area contributed by atoms with Crippen LogP contribution in [0.3, 0.4) is 0 Å². The van der Waals surface area contributed by atoms with Crippen molar-refractivity contribution in [2.24, 2.45) is 0 Å². The molecule has 0 saturated heterocycles. The fraction of sp³-hybridized carbons (Fsp3) is 0.933. The van der Waals surface area contributed by atoms with Gasteiger partial charge in [-0.05, 0) is 34.1 Å². The lowest BCUT2D eigenvalue weighted by atomic mass is 10.2. The summed E-state index contributed by atoms with van der Waals surface area (Å²) in [7, 11) is 0. The molecule has 3 heteroatoms. The molecule has 18 heavy (non-hydrogen) atoms. The molecule has 0 fully saturated rings. The highest BCUT2D eigenvalue weighted by Gasteiger charge is 2.19. The van der Waals surface area contributed by atoms with Crippen LogP contribution in [0, 0.1) is 0 Å². The molecule has 1 amide bonds. The van der Waals surface area contributed by atoms with E-state index in [-0.39, 0.29) is 18.0 Å². The van der Waals surface area contributed by atoms with Gasteiger partial charge in [-0.3, -0.25) is 4.79 Å². The smallest absolute Gasteiger partial charge is 0.225 e. The minimum Gasteiger partial charge on any atom is -0.381 e. The molecule has 0 unspecified atom stereocenters. The fourth-order valence-corrected chi connectivity index (χ4v) is 2.19. The highest BCUT2D eigenvalue weighted by atomic mass is 16.5. The van der Waals surface area contributed by atoms with Crippen LogP contribution in [0.4, 0.5) is 0 Å². The minimum atomic E-state index is 0.202. The molecule has 0 aromatic heterocycles. The average molecular weight is 257 g/mol. The number of ether oxygens (including phenoxy) is 1. The van der Waals surface area contributed by atoms with Gasteiger partial charge in [-0.15, -0.1) is 0 Å². The Labute approximate surface area is 113 Å². The van der Waals surface area contributed by atoms with E-state index in [1.54, 1.807) is 0 Å². The maximum absolute atomic E-state index is 12.0. The highest BCUT2D eigenvalue weighted by molar-refractivity contribution is 5.76. The first-order valence-corrected chi connectivity index (χ1v) is 7.39. The van der Waals surface area contributed by atoms with Gasteiger partial charge in [0.25, 0.3) is 0 Å². The number of unbranched alkanes of at least 4 members (excludes halogenated alkanes) is 3. The summed E-state index contributed by atoms with van der Waals surface area (Å²) in [6.45, 7) is 11.8. The van der Waals surface area contributed by atoms with Crippen LogP contribution >= 0.6 is 0 Å². The van der Waals surface area contributed by atoms with E-state index >= 15 is 0 Å². The Morgan fingerprint density at radius 1 is 1.00 bits per heavy atom. The zero-order valence-electron chi connectivity index (χ0n) is 12.9. The quantitative estimate of drug-likeness (QED) is 0.559. The number of nitrogens with zero attached hydrogens (tertiary/aromatic N) is 1. The van der Waals surface area contributed by atoms with E-state index in [1.807, 2.05) is 4.90 Å². The van der Waals surface area contributed by atoms with E-state index < -0.39 is 0 Å². The van der Waals surface area contributed by atoms with Crippen molar-refractivity contribution in [3.05, 3.63) is 0 Å². The van der Waals surface area contributed by atoms with Gasteiger partial charge in [-0.2, -0.15) is 0 Å². The molecule has 0 aliphatic heterocycles. The summed E-state index contributed by atoms with van der Waals surface area (Å²) in [6, 6.07) is 0.532. The first kappa shape index (κ1) is 17.4. The summed E-state index contributed by atoms with van der Waals surface area (Å²) in [5, 5.41) is 0. The Balaban J connectivity index is 3.69. The summed E-state index contributed by atoms with van der Waals surface area (Å²) in [4.78, 5) is 13.9. The predicted octanol–water partition coefficient (Wildman–Crippen LogP) is 3.62. The third-order valence-corrected chi connectivity index (χ3v) is 3.00. The number of rotatable bonds is 10. The second-order valence-corrected chi connectivity index (χ2v) is 5.41. The van der Waals surface area contributed by atoms with Crippen molar-refractivity contribution >= 4 is 5.91 Å². The van der Waals surface area contributed by atoms with Crippen molar-refractivity contribution in [1.82, 2.24) is 4.90 Å². The van der Waals surface area contributed by atoms with E-state index in [0.29, 0.717) is 13.0 Å². The Kier molecular flexibility index (Phi) is 10.0. The van der Waals surface area contributed by atoms with E-state index in [2.05, 4.69) is 34.6 Å². The lowest BCUT2D eigenvalue weighted by molar-refractivity contribution is -0.135. The molecular formula is C15H31NO2. The van der Waals surface area contributed by atoms with E-state index in [1.165, 1.54) is 19.3 Å². The van der Waals surface area contributed by atoms with Crippen LogP contribution in [0.2, 0.25) is 0 Å². The monoisotopic (exact) mass is 257 g/mol. The highest BCUT2D eigenvalue weighted by Crippen LogP contribution is 2.07. The fourth-order valence-electron chi connectivity index (χ4n) is 2.19. The van der Waals surface area contributed by atoms with Gasteiger partial charge in [0.05, 0.1) is 13.0 Å². The van der Waals surface area contributed by atoms with Gasteiger partial charge >= 0.3 is 0 Å². The molecule has 0 spiro atoms. The van der Waals surface area contributed by atoms with Crippen molar-refractivity contribution in [3.63, 3.8) is 0 Å². The molecule has 0 atom stereocenters. The molecule has 0 aromatic carbocycles. The number of carbonyl (C=O) groups is 1. The summed E-state index contributed by atoms with van der Waals surface area (Å²) >= 11 is 0. The van der Waals surface area contributed by atoms with Crippen molar-refractivity contribution < 1.29 is 9.53 Å². The van der Waals surface area contributed by atoms with Gasteiger partial charge in [0.15, 0.2) is 0 Å². The standard InChI is InChI=1S/C15H31NO2/c1-6-7-8-9-11-18-12-10-15(17)16(13(2)3)14(4)5/h13-14H,6-12H2,1-5H3. The Morgan fingerprint density at radius 2 is 1.61 bits per heavy atom. The molecule has 0 rings (SSSR count). The first-order valence-electron chi connectivity index (χ1n) is 7.39. The summed E-state index contributed by atoms with van der Waals surface area (Å²) in [5.74, 6) is 0.202. The number of amides is 1. The largest absolute Gasteiger partial charge is 0.381 e. The van der Waals surface area contributed by atoms with Crippen LogP contribution in [0.15, 0.2) is 0 Å². The summed E-state index contributed by atoms with van der Waals surface area (Å²) < 4.78 is 5.51. The van der Waals surface area contributed by atoms with Crippen LogP contribution in [0.5, 0.6) is 0 Å². The van der Waals surface area contributed by atoms with Crippen LogP contribution in [-0.2, 0) is 9.53 Å². The maximum atomic E-state index is 12.0. The SMILES string of the molecule is CCCCCCOCCC(=O)N(C(C)C)C(C)C. The van der Waals surface area contributed by atoms with Crippen LogP contribution in [-0.4, -0.2) is 36.1 Å². The Bertz CT molecular complexity index is 207. The van der Waals surface area contributed by atoms with Gasteiger partial charge < -0.3 is 9.64 Å². The summed E-state index contributed by atoms with van der Waals surface area (Å²) in [6.07, 6.45) is 5.37. The van der Waals surface area contributed by atoms with Gasteiger partial charge in [-0.1, -0.05) is 26.2 Å². The lowest BCUT2D eigenvalue weighted by Gasteiger charge is -2.30. The Morgan fingerprint density at radius 3 is 2.11 bits per heavy atom. The molecule has 108 valence electrons. The molecule has 0 radical (unpaired) electrons. The van der Waals surface area contributed by atoms with Crippen LogP contribution in [0.1, 0.15) is 66.7 Å².